The molecule has 3 aliphatic heterocycles. The monoisotopic (exact) mass is 604 g/mol. The third-order valence-corrected chi connectivity index (χ3v) is 7.75. The standard InChI is InChI=1S/C26H31ClN4O3.C2H6S.2C2H6/c27-21-6-3-18(4-7-21)23(26(33)34)31-15-11-20(16-31)25(32)30-13-9-17(10-14-30)22-8-5-19-2-1-12-28-24(19)29-22;1-3-2;2*1-2/h3-8,17,20,23H,1-2,9-16H2,(H,28,29)(H,33,34);1-2H3;2*1-2H3/t20-,23-;;;/m1.../s1. The van der Waals surface area contributed by atoms with E-state index >= 15 is 0 Å². The molecule has 0 unspecified atom stereocenters. The van der Waals surface area contributed by atoms with Crippen LogP contribution in [-0.4, -0.2) is 77.0 Å². The van der Waals surface area contributed by atoms with Gasteiger partial charge in [0, 0.05) is 49.4 Å². The molecule has 2 N–H and O–H groups in total. The molecule has 7 nitrogen and oxygen atoms in total. The first kappa shape index (κ1) is 34.9. The molecule has 2 saturated heterocycles. The first-order chi connectivity index (χ1) is 19.9. The molecule has 228 valence electrons. The second kappa shape index (κ2) is 18.3. The predicted octanol–water partition coefficient (Wildman–Crippen LogP) is 6.98. The van der Waals surface area contributed by atoms with E-state index in [1.54, 1.807) is 36.0 Å². The third-order valence-electron chi connectivity index (χ3n) is 7.49. The Bertz CT molecular complexity index is 1080. The zero-order chi connectivity index (χ0) is 30.4. The van der Waals surface area contributed by atoms with Gasteiger partial charge in [0.25, 0.3) is 0 Å². The van der Waals surface area contributed by atoms with E-state index in [4.69, 9.17) is 16.6 Å². The molecule has 1 aromatic carbocycles. The summed E-state index contributed by atoms with van der Waals surface area (Å²) in [7, 11) is 0. The Labute approximate surface area is 256 Å². The van der Waals surface area contributed by atoms with Crippen molar-refractivity contribution in [3.05, 3.63) is 58.2 Å². The molecule has 2 aromatic rings. The minimum atomic E-state index is -0.900. The highest BCUT2D eigenvalue weighted by Crippen LogP contribution is 2.33. The molecular weight excluding hydrogens is 556 g/mol. The van der Waals surface area contributed by atoms with Gasteiger partial charge in [0.05, 0.1) is 5.92 Å². The van der Waals surface area contributed by atoms with Crippen LogP contribution in [-0.2, 0) is 16.0 Å². The SMILES string of the molecule is CC.CC.CSC.O=C(O)[C@@H](c1ccc(Cl)cc1)N1CC[C@@H](C(=O)N2CCC(c3ccc4c(n3)NCCC4)CC2)C1. The molecule has 2 fully saturated rings. The number of piperidine rings is 1. The number of hydrogen-bond acceptors (Lipinski definition) is 6. The van der Waals surface area contributed by atoms with Gasteiger partial charge in [-0.15, -0.1) is 0 Å². The van der Waals surface area contributed by atoms with Gasteiger partial charge in [-0.1, -0.05) is 57.5 Å². The number of benzene rings is 1. The number of aromatic nitrogens is 1. The summed E-state index contributed by atoms with van der Waals surface area (Å²) >= 11 is 7.72. The number of carbonyl (C=O) groups is 2. The molecule has 0 bridgehead atoms. The van der Waals surface area contributed by atoms with Crippen molar-refractivity contribution < 1.29 is 14.7 Å². The Morgan fingerprint density at radius 3 is 2.24 bits per heavy atom. The lowest BCUT2D eigenvalue weighted by Gasteiger charge is -2.34. The smallest absolute Gasteiger partial charge is 0.325 e. The number of anilines is 1. The topological polar surface area (TPSA) is 85.8 Å². The van der Waals surface area contributed by atoms with Crippen molar-refractivity contribution in [2.75, 3.05) is 50.6 Å². The van der Waals surface area contributed by atoms with Crippen LogP contribution in [0.2, 0.25) is 5.02 Å². The lowest BCUT2D eigenvalue weighted by Crippen LogP contribution is -2.42. The van der Waals surface area contributed by atoms with Crippen molar-refractivity contribution >= 4 is 41.1 Å². The molecule has 0 saturated carbocycles. The van der Waals surface area contributed by atoms with Crippen LogP contribution < -0.4 is 5.32 Å². The van der Waals surface area contributed by atoms with Crippen molar-refractivity contribution in [1.82, 2.24) is 14.8 Å². The molecule has 5 rings (SSSR count). The maximum atomic E-state index is 13.3. The number of nitrogens with one attached hydrogen (secondary N) is 1. The Hall–Kier alpha value is -2.29. The molecule has 1 aromatic heterocycles. The summed E-state index contributed by atoms with van der Waals surface area (Å²) in [6, 6.07) is 10.5. The summed E-state index contributed by atoms with van der Waals surface area (Å²) < 4.78 is 0. The molecule has 4 heterocycles. The van der Waals surface area contributed by atoms with Gasteiger partial charge in [0.1, 0.15) is 11.9 Å². The molecule has 3 aliphatic rings. The fourth-order valence-corrected chi connectivity index (χ4v) is 5.73. The van der Waals surface area contributed by atoms with Gasteiger partial charge in [-0.05, 0) is 73.9 Å². The summed E-state index contributed by atoms with van der Waals surface area (Å²) in [4.78, 5) is 34.1. The summed E-state index contributed by atoms with van der Waals surface area (Å²) in [5, 5.41) is 13.9. The van der Waals surface area contributed by atoms with Crippen molar-refractivity contribution in [3.63, 3.8) is 0 Å². The van der Waals surface area contributed by atoms with E-state index in [2.05, 4.69) is 17.4 Å². The van der Waals surface area contributed by atoms with Crippen molar-refractivity contribution in [2.24, 2.45) is 5.92 Å². The maximum absolute atomic E-state index is 13.3. The number of likely N-dealkylation sites (tertiary alicyclic amines) is 2. The minimum Gasteiger partial charge on any atom is -0.480 e. The molecule has 0 aliphatic carbocycles. The molecule has 0 radical (unpaired) electrons. The van der Waals surface area contributed by atoms with Crippen LogP contribution in [0, 0.1) is 5.92 Å². The normalized spacial score (nSPS) is 19.1. The van der Waals surface area contributed by atoms with E-state index in [0.717, 1.165) is 56.8 Å². The molecule has 0 spiro atoms. The van der Waals surface area contributed by atoms with Crippen molar-refractivity contribution in [3.8, 4) is 0 Å². The molecular formula is C32H49ClN4O3S. The zero-order valence-corrected chi connectivity index (χ0v) is 27.2. The van der Waals surface area contributed by atoms with E-state index in [9.17, 15) is 14.7 Å². The highest BCUT2D eigenvalue weighted by Gasteiger charge is 2.38. The second-order valence-electron chi connectivity index (χ2n) is 10.1. The molecule has 9 heteroatoms. The highest BCUT2D eigenvalue weighted by atomic mass is 35.5. The van der Waals surface area contributed by atoms with E-state index in [1.165, 1.54) is 5.56 Å². The lowest BCUT2D eigenvalue weighted by atomic mass is 9.91. The van der Waals surface area contributed by atoms with E-state index in [0.29, 0.717) is 36.0 Å². The van der Waals surface area contributed by atoms with Gasteiger partial charge >= 0.3 is 5.97 Å². The Balaban J connectivity index is 0.000000775. The number of pyridine rings is 1. The summed E-state index contributed by atoms with van der Waals surface area (Å²) in [6.07, 6.45) is 8.84. The van der Waals surface area contributed by atoms with Crippen molar-refractivity contribution in [2.45, 2.75) is 71.8 Å². The largest absolute Gasteiger partial charge is 0.480 e. The maximum Gasteiger partial charge on any atom is 0.325 e. The summed E-state index contributed by atoms with van der Waals surface area (Å²) in [6.45, 7) is 11.5. The van der Waals surface area contributed by atoms with Gasteiger partial charge in [-0.25, -0.2) is 4.98 Å². The predicted molar refractivity (Wildman–Crippen MR) is 173 cm³/mol. The average molecular weight is 605 g/mol. The summed E-state index contributed by atoms with van der Waals surface area (Å²) in [5.41, 5.74) is 3.11. The van der Waals surface area contributed by atoms with Gasteiger partial charge in [-0.2, -0.15) is 11.8 Å². The number of aryl methyl sites for hydroxylation is 1. The number of fused-ring (bicyclic) bond motifs is 1. The van der Waals surface area contributed by atoms with Gasteiger partial charge in [0.2, 0.25) is 5.91 Å². The first-order valence-corrected chi connectivity index (χ1v) is 17.1. The number of halogens is 1. The van der Waals surface area contributed by atoms with Crippen molar-refractivity contribution in [1.29, 1.82) is 0 Å². The fraction of sp³-hybridized carbons (Fsp3) is 0.594. The Kier molecular flexibility index (Phi) is 15.6. The average Bonchev–Trinajstić information content (AvgIpc) is 3.49. The minimum absolute atomic E-state index is 0.154. The Morgan fingerprint density at radius 1 is 1.00 bits per heavy atom. The Morgan fingerprint density at radius 2 is 1.63 bits per heavy atom. The quantitative estimate of drug-likeness (QED) is 0.381. The molecule has 41 heavy (non-hydrogen) atoms. The number of thioether (sulfide) groups is 1. The van der Waals surface area contributed by atoms with Crippen LogP contribution in [0.4, 0.5) is 5.82 Å². The second-order valence-corrected chi connectivity index (χ2v) is 11.3. The van der Waals surface area contributed by atoms with E-state index in [-0.39, 0.29) is 11.8 Å². The van der Waals surface area contributed by atoms with Crippen LogP contribution in [0.1, 0.15) is 82.2 Å². The highest BCUT2D eigenvalue weighted by molar-refractivity contribution is 7.97. The number of carboxylic acid groups (broad SMARTS) is 1. The van der Waals surface area contributed by atoms with Gasteiger partial charge in [-0.3, -0.25) is 14.5 Å². The number of carboxylic acids is 1. The number of nitrogens with zero attached hydrogens (tertiary/aromatic N) is 3. The third kappa shape index (κ3) is 9.62. The number of amides is 1. The van der Waals surface area contributed by atoms with E-state index < -0.39 is 12.0 Å². The summed E-state index contributed by atoms with van der Waals surface area (Å²) in [5.74, 6) is 0.503. The number of carbonyl (C=O) groups excluding carboxylic acids is 1. The molecule has 1 amide bonds. The van der Waals surface area contributed by atoms with Crippen LogP contribution in [0.3, 0.4) is 0 Å². The first-order valence-electron chi connectivity index (χ1n) is 15.1. The van der Waals surface area contributed by atoms with Gasteiger partial charge < -0.3 is 15.3 Å². The molecule has 2 atom stereocenters. The fourth-order valence-electron chi connectivity index (χ4n) is 5.60. The van der Waals surface area contributed by atoms with Gasteiger partial charge in [0.15, 0.2) is 0 Å². The zero-order valence-electron chi connectivity index (χ0n) is 25.7. The van der Waals surface area contributed by atoms with Crippen LogP contribution in [0.15, 0.2) is 36.4 Å². The number of rotatable bonds is 5. The van der Waals surface area contributed by atoms with Crippen LogP contribution in [0.5, 0.6) is 0 Å². The number of aliphatic carboxylic acids is 1. The van der Waals surface area contributed by atoms with E-state index in [1.807, 2.05) is 50.0 Å². The number of hydrogen-bond donors (Lipinski definition) is 2. The van der Waals surface area contributed by atoms with Crippen LogP contribution in [0.25, 0.3) is 0 Å². The van der Waals surface area contributed by atoms with Crippen LogP contribution >= 0.6 is 23.4 Å². The lowest BCUT2D eigenvalue weighted by molar-refractivity contribution is -0.144.